The third-order valence-corrected chi connectivity index (χ3v) is 5.70. The first-order valence-electron chi connectivity index (χ1n) is 9.15. The maximum atomic E-state index is 6.12. The summed E-state index contributed by atoms with van der Waals surface area (Å²) in [7, 11) is 1.90. The minimum atomic E-state index is 0.182. The van der Waals surface area contributed by atoms with Crippen molar-refractivity contribution >= 4 is 33.8 Å². The maximum absolute atomic E-state index is 6.12. The van der Waals surface area contributed by atoms with Gasteiger partial charge in [0.25, 0.3) is 0 Å². The van der Waals surface area contributed by atoms with Gasteiger partial charge in [0.05, 0.1) is 18.1 Å². The number of rotatable bonds is 4. The summed E-state index contributed by atoms with van der Waals surface area (Å²) in [6.45, 7) is 3.69. The van der Waals surface area contributed by atoms with E-state index < -0.39 is 0 Å². The normalized spacial score (nSPS) is 17.0. The molecule has 1 aliphatic heterocycles. The molecule has 1 atom stereocenters. The van der Waals surface area contributed by atoms with Crippen LogP contribution in [0.15, 0.2) is 30.7 Å². The number of fused-ring (bicyclic) bond motifs is 1. The molecule has 0 unspecified atom stereocenters. The number of nitrogens with one attached hydrogen (secondary N) is 1. The Morgan fingerprint density at radius 3 is 2.82 bits per heavy atom. The van der Waals surface area contributed by atoms with Crippen molar-refractivity contribution in [1.82, 2.24) is 28.8 Å². The van der Waals surface area contributed by atoms with Crippen LogP contribution in [0.1, 0.15) is 12.1 Å². The molecule has 1 saturated heterocycles. The summed E-state index contributed by atoms with van der Waals surface area (Å²) in [6.07, 6.45) is 6.61. The standard InChI is InChI=1S/C18H21N9S/c1-11-5-17(28-24-11)22-16-6-15(26-4-3-13(19)10-26)23-18-14(8-21-27(16)18)12-7-20-25(2)9-12/h5-9,13,22H,3-4,10,19H2,1-2H3/t13-/m1/s1. The van der Waals surface area contributed by atoms with Gasteiger partial charge in [0.15, 0.2) is 5.65 Å². The van der Waals surface area contributed by atoms with E-state index >= 15 is 0 Å². The van der Waals surface area contributed by atoms with Gasteiger partial charge in [-0.3, -0.25) is 4.68 Å². The molecule has 1 aliphatic rings. The van der Waals surface area contributed by atoms with Crippen molar-refractivity contribution in [3.05, 3.63) is 36.4 Å². The smallest absolute Gasteiger partial charge is 0.167 e. The van der Waals surface area contributed by atoms with E-state index in [4.69, 9.17) is 10.7 Å². The fourth-order valence-electron chi connectivity index (χ4n) is 3.51. The predicted molar refractivity (Wildman–Crippen MR) is 110 cm³/mol. The van der Waals surface area contributed by atoms with Crippen LogP contribution in [0.25, 0.3) is 16.8 Å². The summed E-state index contributed by atoms with van der Waals surface area (Å²) in [6, 6.07) is 4.23. The molecule has 144 valence electrons. The second-order valence-corrected chi connectivity index (χ2v) is 7.95. The highest BCUT2D eigenvalue weighted by Gasteiger charge is 2.23. The van der Waals surface area contributed by atoms with E-state index in [9.17, 15) is 0 Å². The summed E-state index contributed by atoms with van der Waals surface area (Å²) >= 11 is 1.43. The van der Waals surface area contributed by atoms with Crippen molar-refractivity contribution in [2.45, 2.75) is 19.4 Å². The maximum Gasteiger partial charge on any atom is 0.167 e. The summed E-state index contributed by atoms with van der Waals surface area (Å²) < 4.78 is 7.96. The first kappa shape index (κ1) is 17.1. The molecule has 4 aromatic heterocycles. The summed E-state index contributed by atoms with van der Waals surface area (Å²) in [5.74, 6) is 1.74. The van der Waals surface area contributed by atoms with Crippen molar-refractivity contribution in [2.24, 2.45) is 12.8 Å². The van der Waals surface area contributed by atoms with Gasteiger partial charge in [-0.05, 0) is 30.9 Å². The highest BCUT2D eigenvalue weighted by molar-refractivity contribution is 7.10. The van der Waals surface area contributed by atoms with Crippen LogP contribution >= 0.6 is 11.5 Å². The van der Waals surface area contributed by atoms with Crippen LogP contribution in [-0.4, -0.2) is 47.9 Å². The van der Waals surface area contributed by atoms with Crippen LogP contribution in [-0.2, 0) is 7.05 Å². The zero-order chi connectivity index (χ0) is 19.3. The lowest BCUT2D eigenvalue weighted by Gasteiger charge is -2.18. The molecule has 4 aromatic rings. The first-order chi connectivity index (χ1) is 13.6. The Kier molecular flexibility index (Phi) is 4.02. The van der Waals surface area contributed by atoms with Crippen LogP contribution in [0, 0.1) is 6.92 Å². The van der Waals surface area contributed by atoms with E-state index in [0.29, 0.717) is 0 Å². The minimum Gasteiger partial charge on any atom is -0.355 e. The molecule has 28 heavy (non-hydrogen) atoms. The molecule has 9 nitrogen and oxygen atoms in total. The van der Waals surface area contributed by atoms with Gasteiger partial charge in [0.2, 0.25) is 0 Å². The van der Waals surface area contributed by atoms with Gasteiger partial charge in [-0.25, -0.2) is 4.98 Å². The fourth-order valence-corrected chi connectivity index (χ4v) is 4.18. The van der Waals surface area contributed by atoms with E-state index in [1.165, 1.54) is 11.5 Å². The lowest BCUT2D eigenvalue weighted by molar-refractivity contribution is 0.751. The van der Waals surface area contributed by atoms with Gasteiger partial charge in [-0.1, -0.05) is 0 Å². The molecule has 0 spiro atoms. The number of aryl methyl sites for hydroxylation is 2. The Labute approximate surface area is 166 Å². The topological polar surface area (TPSA) is 102 Å². The molecule has 10 heteroatoms. The molecule has 0 radical (unpaired) electrons. The highest BCUT2D eigenvalue weighted by atomic mass is 32.1. The second-order valence-electron chi connectivity index (χ2n) is 7.15. The predicted octanol–water partition coefficient (Wildman–Crippen LogP) is 2.18. The zero-order valence-electron chi connectivity index (χ0n) is 15.7. The number of aromatic nitrogens is 6. The quantitative estimate of drug-likeness (QED) is 0.546. The molecular formula is C18H21N9S. The van der Waals surface area contributed by atoms with Gasteiger partial charge < -0.3 is 16.0 Å². The summed E-state index contributed by atoms with van der Waals surface area (Å²) in [5, 5.41) is 13.3. The van der Waals surface area contributed by atoms with Gasteiger partial charge >= 0.3 is 0 Å². The summed E-state index contributed by atoms with van der Waals surface area (Å²) in [4.78, 5) is 7.16. The van der Waals surface area contributed by atoms with Crippen molar-refractivity contribution in [2.75, 3.05) is 23.3 Å². The minimum absolute atomic E-state index is 0.182. The average Bonchev–Trinajstić information content (AvgIpc) is 3.43. The van der Waals surface area contributed by atoms with E-state index in [-0.39, 0.29) is 6.04 Å². The van der Waals surface area contributed by atoms with Crippen molar-refractivity contribution in [1.29, 1.82) is 0 Å². The first-order valence-corrected chi connectivity index (χ1v) is 9.93. The van der Waals surface area contributed by atoms with E-state index in [1.807, 2.05) is 49.2 Å². The van der Waals surface area contributed by atoms with Gasteiger partial charge in [0, 0.05) is 49.6 Å². The average molecular weight is 395 g/mol. The molecule has 3 N–H and O–H groups in total. The SMILES string of the molecule is Cc1cc(Nc2cc(N3CC[C@@H](N)C3)nc3c(-c4cnn(C)c4)cnn23)sn1. The monoisotopic (exact) mass is 395 g/mol. The van der Waals surface area contributed by atoms with E-state index in [2.05, 4.69) is 24.8 Å². The molecule has 0 aromatic carbocycles. The molecular weight excluding hydrogens is 374 g/mol. The van der Waals surface area contributed by atoms with Crippen molar-refractivity contribution in [3.8, 4) is 11.1 Å². The third-order valence-electron chi connectivity index (χ3n) is 4.90. The van der Waals surface area contributed by atoms with E-state index in [0.717, 1.165) is 58.6 Å². The molecule has 0 bridgehead atoms. The Balaban J connectivity index is 1.65. The van der Waals surface area contributed by atoms with Gasteiger partial charge in [-0.2, -0.15) is 19.1 Å². The number of hydrogen-bond acceptors (Lipinski definition) is 8. The second kappa shape index (κ2) is 6.57. The molecule has 5 heterocycles. The largest absolute Gasteiger partial charge is 0.355 e. The number of nitrogens with two attached hydrogens (primary N) is 1. The van der Waals surface area contributed by atoms with Crippen LogP contribution in [0.2, 0.25) is 0 Å². The van der Waals surface area contributed by atoms with E-state index in [1.54, 1.807) is 4.68 Å². The zero-order valence-corrected chi connectivity index (χ0v) is 16.5. The third kappa shape index (κ3) is 3.00. The van der Waals surface area contributed by atoms with Crippen LogP contribution in [0.5, 0.6) is 0 Å². The lowest BCUT2D eigenvalue weighted by Crippen LogP contribution is -2.27. The lowest BCUT2D eigenvalue weighted by atomic mass is 10.2. The molecule has 0 saturated carbocycles. The molecule has 0 aliphatic carbocycles. The number of anilines is 3. The van der Waals surface area contributed by atoms with Gasteiger partial charge in [-0.15, -0.1) is 0 Å². The Morgan fingerprint density at radius 1 is 1.25 bits per heavy atom. The van der Waals surface area contributed by atoms with Crippen LogP contribution < -0.4 is 16.0 Å². The molecule has 1 fully saturated rings. The Bertz CT molecular complexity index is 1140. The van der Waals surface area contributed by atoms with Crippen molar-refractivity contribution in [3.63, 3.8) is 0 Å². The Morgan fingerprint density at radius 2 is 2.14 bits per heavy atom. The summed E-state index contributed by atoms with van der Waals surface area (Å²) in [5.41, 5.74) is 9.83. The highest BCUT2D eigenvalue weighted by Crippen LogP contribution is 2.31. The van der Waals surface area contributed by atoms with Crippen LogP contribution in [0.3, 0.4) is 0 Å². The molecule has 0 amide bonds. The van der Waals surface area contributed by atoms with Gasteiger partial charge in [0.1, 0.15) is 16.6 Å². The Hall–Kier alpha value is -2.98. The fraction of sp³-hybridized carbons (Fsp3) is 0.333. The van der Waals surface area contributed by atoms with Crippen LogP contribution in [0.4, 0.5) is 16.6 Å². The molecule has 5 rings (SSSR count). The number of nitrogens with zero attached hydrogens (tertiary/aromatic N) is 7. The number of hydrogen-bond donors (Lipinski definition) is 2. The van der Waals surface area contributed by atoms with Crippen molar-refractivity contribution < 1.29 is 0 Å².